The first-order valence-corrected chi connectivity index (χ1v) is 6.66. The van der Waals surface area contributed by atoms with E-state index in [0.29, 0.717) is 11.8 Å². The van der Waals surface area contributed by atoms with Crippen molar-refractivity contribution >= 4 is 29.9 Å². The van der Waals surface area contributed by atoms with Crippen LogP contribution < -0.4 is 10.6 Å². The monoisotopic (exact) mass is 371 g/mol. The maximum Gasteiger partial charge on any atom is 0.191 e. The molecule has 5 heteroatoms. The molecule has 0 unspecified atom stereocenters. The molecule has 0 aliphatic heterocycles. The Kier molecular flexibility index (Phi) is 15.1. The second-order valence-electron chi connectivity index (χ2n) is 5.01. The van der Waals surface area contributed by atoms with E-state index in [9.17, 15) is 0 Å². The highest BCUT2D eigenvalue weighted by atomic mass is 127. The van der Waals surface area contributed by atoms with Crippen LogP contribution in [-0.2, 0) is 4.74 Å². The van der Waals surface area contributed by atoms with Crippen molar-refractivity contribution in [2.45, 2.75) is 34.6 Å². The highest BCUT2D eigenvalue weighted by Gasteiger charge is 1.98. The zero-order chi connectivity index (χ0) is 13.1. The molecule has 110 valence electrons. The molecular formula is C13H30IN3O. The van der Waals surface area contributed by atoms with Crippen LogP contribution in [0.15, 0.2) is 4.99 Å². The number of aliphatic imine (C=N–C) groups is 1. The average Bonchev–Trinajstić information content (AvgIpc) is 2.24. The molecule has 0 aromatic heterocycles. The molecule has 0 bridgehead atoms. The molecule has 0 saturated heterocycles. The largest absolute Gasteiger partial charge is 0.379 e. The molecule has 0 radical (unpaired) electrons. The Bertz CT molecular complexity index is 208. The SMILES string of the molecule is CCNC(=NCC(C)C)NCCOCC(C)C.I. The van der Waals surface area contributed by atoms with E-state index in [0.717, 1.165) is 38.8 Å². The average molecular weight is 371 g/mol. The van der Waals surface area contributed by atoms with Crippen molar-refractivity contribution in [1.82, 2.24) is 10.6 Å². The summed E-state index contributed by atoms with van der Waals surface area (Å²) in [6.07, 6.45) is 0. The van der Waals surface area contributed by atoms with E-state index in [-0.39, 0.29) is 24.0 Å². The third kappa shape index (κ3) is 14.0. The van der Waals surface area contributed by atoms with Gasteiger partial charge in [0.25, 0.3) is 0 Å². The number of hydrogen-bond acceptors (Lipinski definition) is 2. The summed E-state index contributed by atoms with van der Waals surface area (Å²) in [6.45, 7) is 14.8. The number of rotatable bonds is 8. The van der Waals surface area contributed by atoms with Crippen LogP contribution in [0.2, 0.25) is 0 Å². The Balaban J connectivity index is 0. The van der Waals surface area contributed by atoms with Crippen molar-refractivity contribution in [2.75, 3.05) is 32.8 Å². The van der Waals surface area contributed by atoms with Gasteiger partial charge in [-0.25, -0.2) is 0 Å². The van der Waals surface area contributed by atoms with Crippen molar-refractivity contribution in [3.8, 4) is 0 Å². The summed E-state index contributed by atoms with van der Waals surface area (Å²) in [5, 5.41) is 6.48. The fourth-order valence-corrected chi connectivity index (χ4v) is 1.18. The van der Waals surface area contributed by atoms with Gasteiger partial charge in [0.15, 0.2) is 5.96 Å². The summed E-state index contributed by atoms with van der Waals surface area (Å²) in [4.78, 5) is 4.48. The summed E-state index contributed by atoms with van der Waals surface area (Å²) in [7, 11) is 0. The number of nitrogens with one attached hydrogen (secondary N) is 2. The molecule has 0 saturated carbocycles. The molecule has 0 aliphatic rings. The number of ether oxygens (including phenoxy) is 1. The van der Waals surface area contributed by atoms with Gasteiger partial charge >= 0.3 is 0 Å². The lowest BCUT2D eigenvalue weighted by Gasteiger charge is -2.12. The Morgan fingerprint density at radius 3 is 2.28 bits per heavy atom. The van der Waals surface area contributed by atoms with Gasteiger partial charge in [-0.2, -0.15) is 0 Å². The first kappa shape index (κ1) is 20.3. The normalized spacial score (nSPS) is 11.6. The molecule has 0 rings (SSSR count). The molecular weight excluding hydrogens is 341 g/mol. The van der Waals surface area contributed by atoms with Crippen LogP contribution in [-0.4, -0.2) is 38.8 Å². The molecule has 0 aromatic carbocycles. The third-order valence-corrected chi connectivity index (χ3v) is 1.95. The van der Waals surface area contributed by atoms with Crippen LogP contribution in [0.4, 0.5) is 0 Å². The smallest absolute Gasteiger partial charge is 0.191 e. The van der Waals surface area contributed by atoms with E-state index in [1.807, 2.05) is 0 Å². The quantitative estimate of drug-likeness (QED) is 0.298. The van der Waals surface area contributed by atoms with E-state index in [1.165, 1.54) is 0 Å². The maximum atomic E-state index is 5.50. The minimum absolute atomic E-state index is 0. The topological polar surface area (TPSA) is 45.7 Å². The molecule has 0 heterocycles. The number of nitrogens with zero attached hydrogens (tertiary/aromatic N) is 1. The number of halogens is 1. The van der Waals surface area contributed by atoms with Gasteiger partial charge < -0.3 is 15.4 Å². The summed E-state index contributed by atoms with van der Waals surface area (Å²) in [5.41, 5.74) is 0. The van der Waals surface area contributed by atoms with Crippen molar-refractivity contribution in [2.24, 2.45) is 16.8 Å². The molecule has 2 N–H and O–H groups in total. The second-order valence-corrected chi connectivity index (χ2v) is 5.01. The first-order valence-electron chi connectivity index (χ1n) is 6.66. The molecule has 0 amide bonds. The number of guanidine groups is 1. The molecule has 0 fully saturated rings. The van der Waals surface area contributed by atoms with E-state index in [1.54, 1.807) is 0 Å². The molecule has 18 heavy (non-hydrogen) atoms. The summed E-state index contributed by atoms with van der Waals surface area (Å²) in [6, 6.07) is 0. The number of hydrogen-bond donors (Lipinski definition) is 2. The minimum atomic E-state index is 0. The van der Waals surface area contributed by atoms with Crippen molar-refractivity contribution in [1.29, 1.82) is 0 Å². The summed E-state index contributed by atoms with van der Waals surface area (Å²) in [5.74, 6) is 2.06. The Morgan fingerprint density at radius 1 is 1.11 bits per heavy atom. The van der Waals surface area contributed by atoms with Gasteiger partial charge in [0.1, 0.15) is 0 Å². The highest BCUT2D eigenvalue weighted by molar-refractivity contribution is 14.0. The maximum absolute atomic E-state index is 5.50. The van der Waals surface area contributed by atoms with E-state index in [4.69, 9.17) is 4.74 Å². The fourth-order valence-electron chi connectivity index (χ4n) is 1.18. The van der Waals surface area contributed by atoms with Crippen LogP contribution in [0.5, 0.6) is 0 Å². The van der Waals surface area contributed by atoms with Gasteiger partial charge in [-0.3, -0.25) is 4.99 Å². The molecule has 0 atom stereocenters. The Morgan fingerprint density at radius 2 is 1.78 bits per heavy atom. The molecule has 0 spiro atoms. The Labute approximate surface area is 129 Å². The zero-order valence-electron chi connectivity index (χ0n) is 12.5. The van der Waals surface area contributed by atoms with Gasteiger partial charge in [-0.1, -0.05) is 27.7 Å². The second kappa shape index (κ2) is 13.4. The third-order valence-electron chi connectivity index (χ3n) is 1.95. The minimum Gasteiger partial charge on any atom is -0.379 e. The van der Waals surface area contributed by atoms with Gasteiger partial charge in [0.2, 0.25) is 0 Å². The van der Waals surface area contributed by atoms with Crippen LogP contribution in [0.25, 0.3) is 0 Å². The van der Waals surface area contributed by atoms with Crippen LogP contribution in [0, 0.1) is 11.8 Å². The Hall–Kier alpha value is -0.0400. The van der Waals surface area contributed by atoms with Gasteiger partial charge in [-0.15, -0.1) is 24.0 Å². The predicted molar refractivity (Wildman–Crippen MR) is 89.9 cm³/mol. The van der Waals surface area contributed by atoms with Crippen LogP contribution in [0.3, 0.4) is 0 Å². The summed E-state index contributed by atoms with van der Waals surface area (Å²) >= 11 is 0. The lowest BCUT2D eigenvalue weighted by Crippen LogP contribution is -2.39. The van der Waals surface area contributed by atoms with E-state index < -0.39 is 0 Å². The van der Waals surface area contributed by atoms with Crippen LogP contribution in [0.1, 0.15) is 34.6 Å². The zero-order valence-corrected chi connectivity index (χ0v) is 14.8. The first-order chi connectivity index (χ1) is 8.06. The van der Waals surface area contributed by atoms with Gasteiger partial charge in [-0.05, 0) is 18.8 Å². The van der Waals surface area contributed by atoms with E-state index >= 15 is 0 Å². The molecule has 4 nitrogen and oxygen atoms in total. The summed E-state index contributed by atoms with van der Waals surface area (Å²) < 4.78 is 5.50. The van der Waals surface area contributed by atoms with Crippen molar-refractivity contribution in [3.05, 3.63) is 0 Å². The van der Waals surface area contributed by atoms with Gasteiger partial charge in [0.05, 0.1) is 6.61 Å². The predicted octanol–water partition coefficient (Wildman–Crippen LogP) is 2.49. The fraction of sp³-hybridized carbons (Fsp3) is 0.923. The lowest BCUT2D eigenvalue weighted by molar-refractivity contribution is 0.114. The highest BCUT2D eigenvalue weighted by Crippen LogP contribution is 1.92. The van der Waals surface area contributed by atoms with Gasteiger partial charge in [0, 0.05) is 26.2 Å². The molecule has 0 aliphatic carbocycles. The standard InChI is InChI=1S/C13H29N3O.HI/c1-6-14-13(16-9-11(2)3)15-7-8-17-10-12(4)5;/h11-12H,6-10H2,1-5H3,(H2,14,15,16);1H. The van der Waals surface area contributed by atoms with Crippen molar-refractivity contribution < 1.29 is 4.74 Å². The van der Waals surface area contributed by atoms with E-state index in [2.05, 4.69) is 50.2 Å². The molecule has 0 aromatic rings. The lowest BCUT2D eigenvalue weighted by atomic mass is 10.2. The van der Waals surface area contributed by atoms with Crippen molar-refractivity contribution in [3.63, 3.8) is 0 Å². The van der Waals surface area contributed by atoms with Crippen LogP contribution >= 0.6 is 24.0 Å².